The molecule has 0 N–H and O–H groups in total. The summed E-state index contributed by atoms with van der Waals surface area (Å²) < 4.78 is 11.6. The molecule has 2 rings (SSSR count). The molecular weight excluding hydrogens is 352 g/mol. The first-order chi connectivity index (χ1) is 12.8. The number of benzene rings is 2. The summed E-state index contributed by atoms with van der Waals surface area (Å²) in [6.07, 6.45) is 2.06. The SMILES string of the molecule is C=CC(CO[Si](c1ccccc1)(c1ccccc1)C(C)(C)C)CC(=O)OC. The molecule has 0 heterocycles. The Hall–Kier alpha value is -2.17. The maximum atomic E-state index is 11.7. The first-order valence-corrected chi connectivity index (χ1v) is 11.2. The number of carbonyl (C=O) groups excluding carboxylic acids is 1. The van der Waals surface area contributed by atoms with Crippen LogP contribution < -0.4 is 10.4 Å². The highest BCUT2D eigenvalue weighted by Gasteiger charge is 2.50. The van der Waals surface area contributed by atoms with Crippen LogP contribution in [0, 0.1) is 5.92 Å². The van der Waals surface area contributed by atoms with E-state index in [1.54, 1.807) is 6.08 Å². The zero-order chi connectivity index (χ0) is 19.9. The van der Waals surface area contributed by atoms with Gasteiger partial charge in [0.25, 0.3) is 8.32 Å². The Kier molecular flexibility index (Phi) is 7.16. The summed E-state index contributed by atoms with van der Waals surface area (Å²) in [4.78, 5) is 11.7. The molecule has 2 aromatic carbocycles. The molecule has 27 heavy (non-hydrogen) atoms. The second kappa shape index (κ2) is 9.15. The first-order valence-electron chi connectivity index (χ1n) is 9.29. The fourth-order valence-electron chi connectivity index (χ4n) is 3.50. The van der Waals surface area contributed by atoms with E-state index in [1.165, 1.54) is 17.5 Å². The van der Waals surface area contributed by atoms with Crippen molar-refractivity contribution in [1.29, 1.82) is 0 Å². The molecule has 1 atom stereocenters. The third-order valence-electron chi connectivity index (χ3n) is 4.92. The van der Waals surface area contributed by atoms with E-state index in [0.29, 0.717) is 6.61 Å². The van der Waals surface area contributed by atoms with E-state index < -0.39 is 8.32 Å². The normalized spacial score (nSPS) is 13.0. The predicted molar refractivity (Wildman–Crippen MR) is 114 cm³/mol. The average Bonchev–Trinajstić information content (AvgIpc) is 2.67. The van der Waals surface area contributed by atoms with Crippen molar-refractivity contribution in [2.75, 3.05) is 13.7 Å². The van der Waals surface area contributed by atoms with Gasteiger partial charge in [0, 0.05) is 12.5 Å². The van der Waals surface area contributed by atoms with Crippen molar-refractivity contribution in [2.45, 2.75) is 32.2 Å². The lowest BCUT2D eigenvalue weighted by Crippen LogP contribution is -2.66. The largest absolute Gasteiger partial charge is 0.469 e. The molecule has 0 aliphatic heterocycles. The van der Waals surface area contributed by atoms with Gasteiger partial charge in [-0.3, -0.25) is 4.79 Å². The molecule has 4 heteroatoms. The molecule has 0 fully saturated rings. The number of methoxy groups -OCH3 is 1. The standard InChI is InChI=1S/C23H30O3Si/c1-6-19(17-22(24)25-5)18-26-27(23(2,3)4,20-13-9-7-10-14-20)21-15-11-8-12-16-21/h6-16,19H,1,17-18H2,2-5H3. The molecule has 0 saturated heterocycles. The van der Waals surface area contributed by atoms with Crippen LogP contribution >= 0.6 is 0 Å². The topological polar surface area (TPSA) is 35.5 Å². The molecule has 0 aliphatic rings. The van der Waals surface area contributed by atoms with E-state index in [9.17, 15) is 4.79 Å². The Balaban J connectivity index is 2.49. The fourth-order valence-corrected chi connectivity index (χ4v) is 8.12. The third-order valence-corrected chi connectivity index (χ3v) is 9.93. The van der Waals surface area contributed by atoms with E-state index in [1.807, 2.05) is 12.1 Å². The smallest absolute Gasteiger partial charge is 0.306 e. The molecule has 0 spiro atoms. The number of rotatable bonds is 8. The Morgan fingerprint density at radius 2 is 1.52 bits per heavy atom. The van der Waals surface area contributed by atoms with Crippen molar-refractivity contribution in [1.82, 2.24) is 0 Å². The summed E-state index contributed by atoms with van der Waals surface area (Å²) in [5.41, 5.74) is 0. The molecule has 2 aromatic rings. The van der Waals surface area contributed by atoms with Crippen LogP contribution in [0.15, 0.2) is 73.3 Å². The number of hydrogen-bond donors (Lipinski definition) is 0. The van der Waals surface area contributed by atoms with Crippen molar-refractivity contribution >= 4 is 24.7 Å². The Morgan fingerprint density at radius 3 is 1.89 bits per heavy atom. The zero-order valence-electron chi connectivity index (χ0n) is 16.8. The van der Waals surface area contributed by atoms with Crippen LogP contribution in [0.1, 0.15) is 27.2 Å². The lowest BCUT2D eigenvalue weighted by molar-refractivity contribution is -0.141. The fraction of sp³-hybridized carbons (Fsp3) is 0.348. The van der Waals surface area contributed by atoms with Gasteiger partial charge in [-0.2, -0.15) is 0 Å². The van der Waals surface area contributed by atoms with Gasteiger partial charge in [-0.05, 0) is 15.4 Å². The second-order valence-electron chi connectivity index (χ2n) is 7.75. The zero-order valence-corrected chi connectivity index (χ0v) is 17.8. The highest BCUT2D eigenvalue weighted by molar-refractivity contribution is 6.99. The molecule has 0 saturated carbocycles. The maximum Gasteiger partial charge on any atom is 0.306 e. The lowest BCUT2D eigenvalue weighted by Gasteiger charge is -2.43. The minimum absolute atomic E-state index is 0.0842. The minimum atomic E-state index is -2.59. The Labute approximate surface area is 164 Å². The van der Waals surface area contributed by atoms with Crippen LogP contribution in [-0.2, 0) is 14.0 Å². The van der Waals surface area contributed by atoms with E-state index in [4.69, 9.17) is 9.16 Å². The molecule has 144 valence electrons. The molecular formula is C23H30O3Si. The molecule has 0 bridgehead atoms. The summed E-state index contributed by atoms with van der Waals surface area (Å²) in [7, 11) is -1.18. The second-order valence-corrected chi connectivity index (χ2v) is 12.1. The van der Waals surface area contributed by atoms with Crippen molar-refractivity contribution in [3.8, 4) is 0 Å². The van der Waals surface area contributed by atoms with Gasteiger partial charge in [0.2, 0.25) is 0 Å². The van der Waals surface area contributed by atoms with Crippen LogP contribution in [0.25, 0.3) is 0 Å². The first kappa shape index (κ1) is 21.1. The number of esters is 1. The Morgan fingerprint density at radius 1 is 1.04 bits per heavy atom. The summed E-state index contributed by atoms with van der Waals surface area (Å²) in [5.74, 6) is -0.329. The van der Waals surface area contributed by atoms with Crippen LogP contribution in [-0.4, -0.2) is 28.0 Å². The van der Waals surface area contributed by atoms with Gasteiger partial charge in [0.1, 0.15) is 0 Å². The van der Waals surface area contributed by atoms with Gasteiger partial charge in [0.15, 0.2) is 0 Å². The predicted octanol–water partition coefficient (Wildman–Crippen LogP) is 3.93. The molecule has 0 radical (unpaired) electrons. The molecule has 3 nitrogen and oxygen atoms in total. The molecule has 0 aliphatic carbocycles. The quantitative estimate of drug-likeness (QED) is 0.394. The van der Waals surface area contributed by atoms with Crippen LogP contribution in [0.4, 0.5) is 0 Å². The van der Waals surface area contributed by atoms with Gasteiger partial charge in [-0.15, -0.1) is 6.58 Å². The van der Waals surface area contributed by atoms with Crippen LogP contribution in [0.2, 0.25) is 5.04 Å². The number of hydrogen-bond acceptors (Lipinski definition) is 3. The van der Waals surface area contributed by atoms with Crippen molar-refractivity contribution < 1.29 is 14.0 Å². The minimum Gasteiger partial charge on any atom is -0.469 e. The van der Waals surface area contributed by atoms with Crippen molar-refractivity contribution in [2.24, 2.45) is 5.92 Å². The average molecular weight is 383 g/mol. The highest BCUT2D eigenvalue weighted by Crippen LogP contribution is 2.37. The number of carbonyl (C=O) groups is 1. The van der Waals surface area contributed by atoms with Gasteiger partial charge in [-0.25, -0.2) is 0 Å². The van der Waals surface area contributed by atoms with Crippen molar-refractivity contribution in [3.05, 3.63) is 73.3 Å². The summed E-state index contributed by atoms with van der Waals surface area (Å²) in [6, 6.07) is 21.0. The van der Waals surface area contributed by atoms with Gasteiger partial charge in [0.05, 0.1) is 13.5 Å². The van der Waals surface area contributed by atoms with Crippen molar-refractivity contribution in [3.63, 3.8) is 0 Å². The maximum absolute atomic E-state index is 11.7. The monoisotopic (exact) mass is 382 g/mol. The third kappa shape index (κ3) is 4.76. The summed E-state index contributed by atoms with van der Waals surface area (Å²) >= 11 is 0. The lowest BCUT2D eigenvalue weighted by atomic mass is 10.1. The Bertz CT molecular complexity index is 696. The van der Waals surface area contributed by atoms with E-state index in [0.717, 1.165) is 0 Å². The van der Waals surface area contributed by atoms with E-state index >= 15 is 0 Å². The van der Waals surface area contributed by atoms with E-state index in [2.05, 4.69) is 75.9 Å². The van der Waals surface area contributed by atoms with Crippen LogP contribution in [0.5, 0.6) is 0 Å². The molecule has 0 aromatic heterocycles. The van der Waals surface area contributed by atoms with Gasteiger partial charge >= 0.3 is 5.97 Å². The van der Waals surface area contributed by atoms with Gasteiger partial charge < -0.3 is 9.16 Å². The molecule has 0 amide bonds. The highest BCUT2D eigenvalue weighted by atomic mass is 28.4. The summed E-state index contributed by atoms with van der Waals surface area (Å²) in [6.45, 7) is 11.0. The van der Waals surface area contributed by atoms with E-state index in [-0.39, 0.29) is 23.3 Å². The molecule has 1 unspecified atom stereocenters. The summed E-state index contributed by atoms with van der Waals surface area (Å²) in [5, 5.41) is 2.36. The van der Waals surface area contributed by atoms with Gasteiger partial charge in [-0.1, -0.05) is 87.5 Å². The number of ether oxygens (including phenoxy) is 1. The van der Waals surface area contributed by atoms with Crippen LogP contribution in [0.3, 0.4) is 0 Å².